The second-order valence-electron chi connectivity index (χ2n) is 6.52. The molecular formula is C23H18F3NO3. The van der Waals surface area contributed by atoms with Crippen LogP contribution in [0.2, 0.25) is 0 Å². The van der Waals surface area contributed by atoms with Crippen LogP contribution in [0.15, 0.2) is 78.9 Å². The number of benzene rings is 3. The van der Waals surface area contributed by atoms with Crippen LogP contribution in [0.3, 0.4) is 0 Å². The molecule has 1 amide bonds. The number of carbonyl (C=O) groups is 2. The van der Waals surface area contributed by atoms with E-state index in [2.05, 4.69) is 5.32 Å². The second-order valence-corrected chi connectivity index (χ2v) is 6.52. The van der Waals surface area contributed by atoms with Crippen LogP contribution in [0.1, 0.15) is 11.1 Å². The Kier molecular flexibility index (Phi) is 6.51. The van der Waals surface area contributed by atoms with Crippen molar-refractivity contribution in [1.29, 1.82) is 0 Å². The molecule has 4 nitrogen and oxygen atoms in total. The highest BCUT2D eigenvalue weighted by Crippen LogP contribution is 2.29. The Morgan fingerprint density at radius 3 is 2.00 bits per heavy atom. The maximum atomic E-state index is 12.5. The molecule has 0 radical (unpaired) electrons. The summed E-state index contributed by atoms with van der Waals surface area (Å²) in [6.07, 6.45) is -4.44. The van der Waals surface area contributed by atoms with Crippen LogP contribution in [0.5, 0.6) is 0 Å². The lowest BCUT2D eigenvalue weighted by atomic mass is 10.0. The van der Waals surface area contributed by atoms with E-state index in [4.69, 9.17) is 4.74 Å². The van der Waals surface area contributed by atoms with Gasteiger partial charge in [0.15, 0.2) is 6.61 Å². The maximum absolute atomic E-state index is 12.5. The molecule has 30 heavy (non-hydrogen) atoms. The van der Waals surface area contributed by atoms with Crippen molar-refractivity contribution >= 4 is 17.6 Å². The Morgan fingerprint density at radius 2 is 1.40 bits per heavy atom. The summed E-state index contributed by atoms with van der Waals surface area (Å²) >= 11 is 0. The summed E-state index contributed by atoms with van der Waals surface area (Å²) in [5.74, 6) is -1.22. The zero-order chi connectivity index (χ0) is 21.6. The molecule has 0 heterocycles. The van der Waals surface area contributed by atoms with Crippen LogP contribution in [-0.4, -0.2) is 18.5 Å². The third-order valence-corrected chi connectivity index (χ3v) is 4.27. The number of anilines is 1. The maximum Gasteiger partial charge on any atom is 0.416 e. The van der Waals surface area contributed by atoms with E-state index in [1.807, 2.05) is 54.6 Å². The first kappa shape index (κ1) is 21.1. The highest BCUT2D eigenvalue weighted by molar-refractivity contribution is 5.92. The number of halogens is 3. The smallest absolute Gasteiger partial charge is 0.416 e. The summed E-state index contributed by atoms with van der Waals surface area (Å²) in [5, 5.41) is 2.38. The van der Waals surface area contributed by atoms with E-state index in [1.54, 1.807) is 0 Å². The molecule has 3 aromatic carbocycles. The number of hydrogen-bond donors (Lipinski definition) is 1. The first-order chi connectivity index (χ1) is 14.3. The molecule has 0 saturated carbocycles. The normalized spacial score (nSPS) is 11.0. The minimum Gasteiger partial charge on any atom is -0.455 e. The Balaban J connectivity index is 1.46. The number of rotatable bonds is 6. The minimum atomic E-state index is -4.45. The van der Waals surface area contributed by atoms with Gasteiger partial charge in [-0.1, -0.05) is 54.6 Å². The highest BCUT2D eigenvalue weighted by atomic mass is 19.4. The van der Waals surface area contributed by atoms with E-state index in [0.29, 0.717) is 0 Å². The number of esters is 1. The summed E-state index contributed by atoms with van der Waals surface area (Å²) in [5.41, 5.74) is 2.18. The van der Waals surface area contributed by atoms with E-state index < -0.39 is 30.2 Å². The van der Waals surface area contributed by atoms with E-state index in [9.17, 15) is 22.8 Å². The molecule has 0 atom stereocenters. The van der Waals surface area contributed by atoms with Crippen molar-refractivity contribution in [3.63, 3.8) is 0 Å². The van der Waals surface area contributed by atoms with Crippen molar-refractivity contribution < 1.29 is 27.5 Å². The van der Waals surface area contributed by atoms with Gasteiger partial charge in [-0.05, 0) is 41.0 Å². The van der Waals surface area contributed by atoms with Gasteiger partial charge in [-0.25, -0.2) is 0 Å². The monoisotopic (exact) mass is 413 g/mol. The Bertz CT molecular complexity index is 999. The van der Waals surface area contributed by atoms with Crippen LogP contribution in [0, 0.1) is 0 Å². The zero-order valence-corrected chi connectivity index (χ0v) is 15.8. The van der Waals surface area contributed by atoms with Crippen molar-refractivity contribution in [2.75, 3.05) is 11.9 Å². The van der Waals surface area contributed by atoms with Crippen molar-refractivity contribution in [2.24, 2.45) is 0 Å². The standard InChI is InChI=1S/C23H18F3NO3/c24-23(25,26)19-10-12-20(13-11-19)27-21(28)15-30-22(29)14-16-6-8-18(9-7-16)17-4-2-1-3-5-17/h1-13H,14-15H2,(H,27,28). The first-order valence-corrected chi connectivity index (χ1v) is 9.08. The quantitative estimate of drug-likeness (QED) is 0.573. The third kappa shape index (κ3) is 5.94. The first-order valence-electron chi connectivity index (χ1n) is 9.08. The number of amides is 1. The second kappa shape index (κ2) is 9.26. The predicted octanol–water partition coefficient (Wildman–Crippen LogP) is 5.10. The van der Waals surface area contributed by atoms with Crippen molar-refractivity contribution in [3.05, 3.63) is 90.0 Å². The SMILES string of the molecule is O=C(COC(=O)Cc1ccc(-c2ccccc2)cc1)Nc1ccc(C(F)(F)F)cc1. The summed E-state index contributed by atoms with van der Waals surface area (Å²) in [6.45, 7) is -0.526. The molecular weight excluding hydrogens is 395 g/mol. The lowest BCUT2D eigenvalue weighted by molar-refractivity contribution is -0.146. The number of carbonyl (C=O) groups excluding carboxylic acids is 2. The zero-order valence-electron chi connectivity index (χ0n) is 15.8. The predicted molar refractivity (Wildman–Crippen MR) is 107 cm³/mol. The number of ether oxygens (including phenoxy) is 1. The molecule has 0 bridgehead atoms. The van der Waals surface area contributed by atoms with Gasteiger partial charge < -0.3 is 10.1 Å². The van der Waals surface area contributed by atoms with Gasteiger partial charge in [0.2, 0.25) is 0 Å². The molecule has 154 valence electrons. The number of nitrogens with one attached hydrogen (secondary N) is 1. The molecule has 0 aliphatic rings. The third-order valence-electron chi connectivity index (χ3n) is 4.27. The lowest BCUT2D eigenvalue weighted by Gasteiger charge is -2.09. The van der Waals surface area contributed by atoms with E-state index in [-0.39, 0.29) is 12.1 Å². The van der Waals surface area contributed by atoms with E-state index in [0.717, 1.165) is 41.0 Å². The lowest BCUT2D eigenvalue weighted by Crippen LogP contribution is -2.21. The van der Waals surface area contributed by atoms with Crippen LogP contribution < -0.4 is 5.32 Å². The number of hydrogen-bond acceptors (Lipinski definition) is 3. The fraction of sp³-hybridized carbons (Fsp3) is 0.130. The fourth-order valence-electron chi connectivity index (χ4n) is 2.75. The topological polar surface area (TPSA) is 55.4 Å². The van der Waals surface area contributed by atoms with E-state index in [1.165, 1.54) is 0 Å². The van der Waals surface area contributed by atoms with Gasteiger partial charge in [0.1, 0.15) is 0 Å². The Labute approximate surface area is 171 Å². The van der Waals surface area contributed by atoms with Crippen molar-refractivity contribution in [2.45, 2.75) is 12.6 Å². The molecule has 0 saturated heterocycles. The number of alkyl halides is 3. The molecule has 0 unspecified atom stereocenters. The van der Waals surface area contributed by atoms with Crippen molar-refractivity contribution in [1.82, 2.24) is 0 Å². The molecule has 0 fully saturated rings. The van der Waals surface area contributed by atoms with Gasteiger partial charge >= 0.3 is 12.1 Å². The highest BCUT2D eigenvalue weighted by Gasteiger charge is 2.30. The molecule has 3 aromatic rings. The average molecular weight is 413 g/mol. The van der Waals surface area contributed by atoms with Crippen molar-refractivity contribution in [3.8, 4) is 11.1 Å². The van der Waals surface area contributed by atoms with Gasteiger partial charge in [0, 0.05) is 5.69 Å². The summed E-state index contributed by atoms with van der Waals surface area (Å²) in [7, 11) is 0. The van der Waals surface area contributed by atoms with E-state index >= 15 is 0 Å². The van der Waals surface area contributed by atoms with Crippen LogP contribution in [0.4, 0.5) is 18.9 Å². The summed E-state index contributed by atoms with van der Waals surface area (Å²) in [6, 6.07) is 21.2. The van der Waals surface area contributed by atoms with Gasteiger partial charge in [-0.2, -0.15) is 13.2 Å². The summed E-state index contributed by atoms with van der Waals surface area (Å²) < 4.78 is 42.5. The summed E-state index contributed by atoms with van der Waals surface area (Å²) in [4.78, 5) is 23.8. The van der Waals surface area contributed by atoms with Gasteiger partial charge in [0.05, 0.1) is 12.0 Å². The fourth-order valence-corrected chi connectivity index (χ4v) is 2.75. The molecule has 0 aliphatic heterocycles. The minimum absolute atomic E-state index is 0.00261. The Morgan fingerprint density at radius 1 is 0.800 bits per heavy atom. The van der Waals surface area contributed by atoms with Crippen LogP contribution in [0.25, 0.3) is 11.1 Å². The van der Waals surface area contributed by atoms with Crippen LogP contribution in [-0.2, 0) is 26.9 Å². The van der Waals surface area contributed by atoms with Crippen LogP contribution >= 0.6 is 0 Å². The Hall–Kier alpha value is -3.61. The average Bonchev–Trinajstić information content (AvgIpc) is 2.73. The molecule has 0 aromatic heterocycles. The largest absolute Gasteiger partial charge is 0.455 e. The molecule has 0 spiro atoms. The molecule has 0 aliphatic carbocycles. The molecule has 1 N–H and O–H groups in total. The molecule has 3 rings (SSSR count). The van der Waals surface area contributed by atoms with Gasteiger partial charge in [-0.15, -0.1) is 0 Å². The molecule has 7 heteroatoms. The van der Waals surface area contributed by atoms with Gasteiger partial charge in [-0.3, -0.25) is 9.59 Å². The van der Waals surface area contributed by atoms with Gasteiger partial charge in [0.25, 0.3) is 5.91 Å².